The Hall–Kier alpha value is -1.99. The number of nitrogens with two attached hydrogens (primary N) is 1. The topological polar surface area (TPSA) is 61.0 Å². The number of hydrogen-bond donors (Lipinski definition) is 1. The van der Waals surface area contributed by atoms with Crippen LogP contribution in [0.2, 0.25) is 0 Å². The molecule has 1 saturated carbocycles. The van der Waals surface area contributed by atoms with Crippen LogP contribution in [-0.4, -0.2) is 80.4 Å². The number of nitrogens with zero attached hydrogens (tertiary/aromatic N) is 5. The largest absolute Gasteiger partial charge is 0.397 e. The van der Waals surface area contributed by atoms with Gasteiger partial charge in [0, 0.05) is 64.6 Å². The van der Waals surface area contributed by atoms with Crippen molar-refractivity contribution in [2.24, 2.45) is 16.1 Å². The normalized spacial score (nSPS) is 26.3. The van der Waals surface area contributed by atoms with Crippen LogP contribution in [0.3, 0.4) is 0 Å². The summed E-state index contributed by atoms with van der Waals surface area (Å²) in [4.78, 5) is 15.5. The van der Waals surface area contributed by atoms with Crippen molar-refractivity contribution < 1.29 is 4.39 Å². The lowest BCUT2D eigenvalue weighted by Crippen LogP contribution is -2.54. The third kappa shape index (κ3) is 3.78. The van der Waals surface area contributed by atoms with Gasteiger partial charge in [-0.15, -0.1) is 0 Å². The summed E-state index contributed by atoms with van der Waals surface area (Å²) in [5.41, 5.74) is 8.67. The number of anilines is 1. The molecule has 1 aromatic heterocycles. The van der Waals surface area contributed by atoms with Crippen molar-refractivity contribution >= 4 is 17.6 Å². The van der Waals surface area contributed by atoms with E-state index >= 15 is 0 Å². The summed E-state index contributed by atoms with van der Waals surface area (Å²) in [7, 11) is 3.91. The number of aliphatic imine (C=N–C) groups is 1. The highest BCUT2D eigenvalue weighted by Crippen LogP contribution is 2.46. The first-order valence-corrected chi connectivity index (χ1v) is 10.2. The van der Waals surface area contributed by atoms with Crippen molar-refractivity contribution in [3.8, 4) is 0 Å². The van der Waals surface area contributed by atoms with Crippen LogP contribution < -0.4 is 10.6 Å². The van der Waals surface area contributed by atoms with E-state index in [4.69, 9.17) is 5.73 Å². The van der Waals surface area contributed by atoms with Crippen LogP contribution in [0, 0.1) is 11.2 Å². The molecule has 2 N–H and O–H groups in total. The lowest BCUT2D eigenvalue weighted by Gasteiger charge is -2.47. The molecule has 7 heteroatoms. The van der Waals surface area contributed by atoms with Gasteiger partial charge in [-0.3, -0.25) is 9.89 Å². The number of hydrogen-bond acceptors (Lipinski definition) is 6. The summed E-state index contributed by atoms with van der Waals surface area (Å²) < 4.78 is 13.9. The summed E-state index contributed by atoms with van der Waals surface area (Å²) in [6, 6.07) is 2.25. The summed E-state index contributed by atoms with van der Waals surface area (Å²) in [5, 5.41) is 0. The van der Waals surface area contributed by atoms with Gasteiger partial charge >= 0.3 is 0 Å². The van der Waals surface area contributed by atoms with Gasteiger partial charge in [0.25, 0.3) is 0 Å². The highest BCUT2D eigenvalue weighted by atomic mass is 19.1. The van der Waals surface area contributed by atoms with Crippen LogP contribution in [0.1, 0.15) is 25.0 Å². The zero-order chi connectivity index (χ0) is 19.7. The van der Waals surface area contributed by atoms with E-state index in [1.165, 1.54) is 38.5 Å². The molecular weight excluding hydrogens is 355 g/mol. The first-order valence-electron chi connectivity index (χ1n) is 10.2. The molecule has 1 aliphatic carbocycles. The van der Waals surface area contributed by atoms with E-state index in [2.05, 4.69) is 31.7 Å². The maximum absolute atomic E-state index is 13.9. The van der Waals surface area contributed by atoms with Gasteiger partial charge in [0.1, 0.15) is 11.5 Å². The predicted molar refractivity (Wildman–Crippen MR) is 112 cm³/mol. The molecule has 1 unspecified atom stereocenters. The molecule has 1 aromatic rings. The second-order valence-corrected chi connectivity index (χ2v) is 8.64. The van der Waals surface area contributed by atoms with E-state index in [1.807, 2.05) is 0 Å². The van der Waals surface area contributed by atoms with Gasteiger partial charge in [0.15, 0.2) is 0 Å². The van der Waals surface area contributed by atoms with Crippen molar-refractivity contribution in [1.82, 2.24) is 14.8 Å². The van der Waals surface area contributed by atoms with E-state index < -0.39 is 0 Å². The van der Waals surface area contributed by atoms with Crippen molar-refractivity contribution in [3.63, 3.8) is 0 Å². The molecule has 1 spiro atoms. The monoisotopic (exact) mass is 386 g/mol. The molecule has 0 radical (unpaired) electrons. The number of halogens is 1. The first-order chi connectivity index (χ1) is 13.5. The van der Waals surface area contributed by atoms with E-state index in [-0.39, 0.29) is 5.82 Å². The minimum atomic E-state index is -0.329. The summed E-state index contributed by atoms with van der Waals surface area (Å²) in [6.45, 7) is 6.27. The molecule has 152 valence electrons. The van der Waals surface area contributed by atoms with Gasteiger partial charge in [0.2, 0.25) is 0 Å². The Morgan fingerprint density at radius 1 is 1.32 bits per heavy atom. The minimum absolute atomic E-state index is 0.329. The molecule has 3 heterocycles. The Balaban J connectivity index is 1.42. The summed E-state index contributed by atoms with van der Waals surface area (Å²) in [5.74, 6) is -0.329. The zero-order valence-electron chi connectivity index (χ0n) is 16.9. The average Bonchev–Trinajstić information content (AvgIpc) is 3.11. The van der Waals surface area contributed by atoms with E-state index in [9.17, 15) is 4.39 Å². The molecule has 6 nitrogen and oxygen atoms in total. The maximum atomic E-state index is 13.9. The van der Waals surface area contributed by atoms with Crippen LogP contribution in [0.15, 0.2) is 23.3 Å². The first kappa shape index (κ1) is 19.3. The van der Waals surface area contributed by atoms with Crippen LogP contribution in [0.5, 0.6) is 0 Å². The van der Waals surface area contributed by atoms with E-state index in [0.29, 0.717) is 22.8 Å². The van der Waals surface area contributed by atoms with Gasteiger partial charge in [0.05, 0.1) is 17.6 Å². The van der Waals surface area contributed by atoms with Crippen molar-refractivity contribution in [2.75, 3.05) is 58.3 Å². The lowest BCUT2D eigenvalue weighted by molar-refractivity contribution is 0.0204. The van der Waals surface area contributed by atoms with Crippen molar-refractivity contribution in [3.05, 3.63) is 29.9 Å². The molecule has 0 aromatic carbocycles. The number of piperazine rings is 1. The number of aromatic nitrogens is 1. The fourth-order valence-electron chi connectivity index (χ4n) is 5.33. The zero-order valence-corrected chi connectivity index (χ0v) is 16.9. The molecule has 4 rings (SSSR count). The van der Waals surface area contributed by atoms with E-state index in [0.717, 1.165) is 31.9 Å². The number of likely N-dealkylation sites (tertiary alicyclic amines) is 1. The van der Waals surface area contributed by atoms with Crippen LogP contribution in [0.25, 0.3) is 5.70 Å². The molecule has 3 fully saturated rings. The predicted octanol–water partition coefficient (Wildman–Crippen LogP) is 1.83. The smallest absolute Gasteiger partial charge is 0.143 e. The third-order valence-corrected chi connectivity index (χ3v) is 6.57. The molecule has 2 aliphatic heterocycles. The molecule has 1 atom stereocenters. The third-order valence-electron chi connectivity index (χ3n) is 6.57. The maximum Gasteiger partial charge on any atom is 0.143 e. The van der Waals surface area contributed by atoms with Crippen molar-refractivity contribution in [1.29, 1.82) is 0 Å². The molecule has 3 aliphatic rings. The highest BCUT2D eigenvalue weighted by Gasteiger charge is 2.48. The Labute approximate surface area is 166 Å². The standard InChI is InChI=1S/C21H31FN6/c1-24-6-4-18(23)20-19(11-16(22)13-25-20)28-9-7-27(8-10-28)17-3-5-21(12-17)14-26(2)15-21/h4,6,11,13,17H,3,5,7-10,12,14-15,23H2,1-2H3/b18-4-,24-6?. The SMILES string of the molecule is CN=C/C=C(\N)c1ncc(F)cc1N1CCN(C2CCC3(C2)CN(C)C3)CC1. The number of pyridine rings is 1. The second kappa shape index (κ2) is 7.79. The van der Waals surface area contributed by atoms with Gasteiger partial charge in [-0.2, -0.15) is 0 Å². The van der Waals surface area contributed by atoms with Gasteiger partial charge in [-0.05, 0) is 37.8 Å². The Morgan fingerprint density at radius 3 is 2.75 bits per heavy atom. The molecule has 2 saturated heterocycles. The molecule has 0 amide bonds. The fourth-order valence-corrected chi connectivity index (χ4v) is 5.33. The Morgan fingerprint density at radius 2 is 2.07 bits per heavy atom. The Kier molecular flexibility index (Phi) is 5.38. The number of allylic oxidation sites excluding steroid dienone is 1. The van der Waals surface area contributed by atoms with Gasteiger partial charge in [-0.1, -0.05) is 0 Å². The molecular formula is C21H31FN6. The highest BCUT2D eigenvalue weighted by molar-refractivity contribution is 5.85. The van der Waals surface area contributed by atoms with Crippen LogP contribution >= 0.6 is 0 Å². The van der Waals surface area contributed by atoms with Crippen molar-refractivity contribution in [2.45, 2.75) is 25.3 Å². The van der Waals surface area contributed by atoms with Gasteiger partial charge in [-0.25, -0.2) is 9.37 Å². The molecule has 0 bridgehead atoms. The van der Waals surface area contributed by atoms with Gasteiger partial charge < -0.3 is 15.5 Å². The minimum Gasteiger partial charge on any atom is -0.397 e. The van der Waals surface area contributed by atoms with E-state index in [1.54, 1.807) is 25.4 Å². The lowest BCUT2D eigenvalue weighted by atomic mass is 9.78. The number of rotatable bonds is 4. The fraction of sp³-hybridized carbons (Fsp3) is 0.619. The second-order valence-electron chi connectivity index (χ2n) is 8.64. The molecule has 28 heavy (non-hydrogen) atoms. The van der Waals surface area contributed by atoms with Crippen LogP contribution in [0.4, 0.5) is 10.1 Å². The summed E-state index contributed by atoms with van der Waals surface area (Å²) in [6.07, 6.45) is 8.58. The summed E-state index contributed by atoms with van der Waals surface area (Å²) >= 11 is 0. The Bertz CT molecular complexity index is 762. The quantitative estimate of drug-likeness (QED) is 0.800. The average molecular weight is 387 g/mol. The van der Waals surface area contributed by atoms with Crippen LogP contribution in [-0.2, 0) is 0 Å².